The van der Waals surface area contributed by atoms with Gasteiger partial charge in [-0.3, -0.25) is 14.4 Å². The van der Waals surface area contributed by atoms with Crippen LogP contribution in [0.15, 0.2) is 0 Å². The topological polar surface area (TPSA) is 117 Å². The standard InChI is InChI=1S/C18H34N2O6/c1-3-24-13-16(22)7-6-10-25-11-12-26-14-18(23)20-9-5-4-8-17(19)15(2)21/h17H,3-14,19H2,1-2H3,(H,20,23). The second-order valence-electron chi connectivity index (χ2n) is 6.01. The van der Waals surface area contributed by atoms with Crippen molar-refractivity contribution in [3.05, 3.63) is 0 Å². The fourth-order valence-corrected chi connectivity index (χ4v) is 2.02. The fourth-order valence-electron chi connectivity index (χ4n) is 2.02. The molecule has 0 saturated carbocycles. The lowest BCUT2D eigenvalue weighted by Crippen LogP contribution is -2.30. The molecule has 0 radical (unpaired) electrons. The Morgan fingerprint density at radius 3 is 2.38 bits per heavy atom. The van der Waals surface area contributed by atoms with E-state index in [0.717, 1.165) is 12.8 Å². The van der Waals surface area contributed by atoms with Crippen LogP contribution < -0.4 is 11.1 Å². The third kappa shape index (κ3) is 16.1. The zero-order valence-corrected chi connectivity index (χ0v) is 16.1. The third-order valence-corrected chi connectivity index (χ3v) is 3.60. The molecule has 0 fully saturated rings. The molecule has 0 aliphatic carbocycles. The van der Waals surface area contributed by atoms with Crippen LogP contribution in [0.5, 0.6) is 0 Å². The molecule has 1 atom stereocenters. The van der Waals surface area contributed by atoms with E-state index < -0.39 is 6.04 Å². The molecule has 152 valence electrons. The maximum atomic E-state index is 11.5. The lowest BCUT2D eigenvalue weighted by atomic mass is 10.1. The first kappa shape index (κ1) is 24.7. The molecule has 0 aromatic heterocycles. The molecule has 0 bridgehead atoms. The first-order valence-electron chi connectivity index (χ1n) is 9.25. The summed E-state index contributed by atoms with van der Waals surface area (Å²) < 4.78 is 15.6. The number of hydrogen-bond acceptors (Lipinski definition) is 7. The summed E-state index contributed by atoms with van der Waals surface area (Å²) in [5, 5.41) is 2.75. The molecule has 1 amide bonds. The minimum atomic E-state index is -0.406. The Morgan fingerprint density at radius 2 is 1.69 bits per heavy atom. The van der Waals surface area contributed by atoms with Crippen molar-refractivity contribution in [2.75, 3.05) is 46.2 Å². The van der Waals surface area contributed by atoms with Gasteiger partial charge in [0.25, 0.3) is 0 Å². The van der Waals surface area contributed by atoms with Gasteiger partial charge >= 0.3 is 0 Å². The van der Waals surface area contributed by atoms with Crippen molar-refractivity contribution in [3.8, 4) is 0 Å². The Balaban J connectivity index is 3.34. The second kappa shape index (κ2) is 17.1. The molecule has 3 N–H and O–H groups in total. The summed E-state index contributed by atoms with van der Waals surface area (Å²) in [7, 11) is 0. The Bertz CT molecular complexity index is 403. The van der Waals surface area contributed by atoms with Crippen molar-refractivity contribution in [2.45, 2.75) is 52.0 Å². The first-order chi connectivity index (χ1) is 12.5. The average Bonchev–Trinajstić information content (AvgIpc) is 2.61. The highest BCUT2D eigenvalue weighted by atomic mass is 16.5. The maximum absolute atomic E-state index is 11.5. The first-order valence-corrected chi connectivity index (χ1v) is 9.25. The summed E-state index contributed by atoms with van der Waals surface area (Å²) >= 11 is 0. The monoisotopic (exact) mass is 374 g/mol. The molecule has 0 heterocycles. The molecule has 0 aromatic rings. The summed E-state index contributed by atoms with van der Waals surface area (Å²) in [5.74, 6) is -0.115. The van der Waals surface area contributed by atoms with Gasteiger partial charge in [-0.1, -0.05) is 0 Å². The highest BCUT2D eigenvalue weighted by Crippen LogP contribution is 1.99. The van der Waals surface area contributed by atoms with Gasteiger partial charge in [0, 0.05) is 26.2 Å². The Morgan fingerprint density at radius 1 is 0.962 bits per heavy atom. The van der Waals surface area contributed by atoms with Crippen LogP contribution in [0.2, 0.25) is 0 Å². The van der Waals surface area contributed by atoms with E-state index in [9.17, 15) is 14.4 Å². The molecular formula is C18H34N2O6. The highest BCUT2D eigenvalue weighted by Gasteiger charge is 2.07. The van der Waals surface area contributed by atoms with Gasteiger partial charge in [-0.2, -0.15) is 0 Å². The summed E-state index contributed by atoms with van der Waals surface area (Å²) in [4.78, 5) is 33.8. The van der Waals surface area contributed by atoms with Crippen LogP contribution in [-0.4, -0.2) is 69.7 Å². The third-order valence-electron chi connectivity index (χ3n) is 3.60. The minimum absolute atomic E-state index is 0.0108. The number of ketones is 2. The number of unbranched alkanes of at least 4 members (excludes halogenated alkanes) is 1. The van der Waals surface area contributed by atoms with Crippen molar-refractivity contribution in [3.63, 3.8) is 0 Å². The molecule has 26 heavy (non-hydrogen) atoms. The van der Waals surface area contributed by atoms with E-state index in [-0.39, 0.29) is 30.7 Å². The maximum Gasteiger partial charge on any atom is 0.245 e. The number of rotatable bonds is 18. The summed E-state index contributed by atoms with van der Waals surface area (Å²) in [6.45, 7) is 5.76. The van der Waals surface area contributed by atoms with Gasteiger partial charge in [0.05, 0.1) is 19.3 Å². The van der Waals surface area contributed by atoms with Gasteiger partial charge < -0.3 is 25.3 Å². The van der Waals surface area contributed by atoms with Crippen molar-refractivity contribution < 1.29 is 28.6 Å². The van der Waals surface area contributed by atoms with Crippen LogP contribution in [0.4, 0.5) is 0 Å². The summed E-state index contributed by atoms with van der Waals surface area (Å²) in [5.41, 5.74) is 5.63. The van der Waals surface area contributed by atoms with E-state index in [2.05, 4.69) is 5.32 Å². The molecule has 0 spiro atoms. The van der Waals surface area contributed by atoms with E-state index in [0.29, 0.717) is 52.2 Å². The number of carbonyl (C=O) groups excluding carboxylic acids is 3. The van der Waals surface area contributed by atoms with Crippen LogP contribution in [0.1, 0.15) is 46.0 Å². The molecule has 0 aromatic carbocycles. The molecule has 0 aliphatic rings. The SMILES string of the molecule is CCOCC(=O)CCCOCCOCC(=O)NCCCCC(N)C(C)=O. The molecular weight excluding hydrogens is 340 g/mol. The predicted molar refractivity (Wildman–Crippen MR) is 97.9 cm³/mol. The average molecular weight is 374 g/mol. The number of amides is 1. The van der Waals surface area contributed by atoms with Gasteiger partial charge in [-0.25, -0.2) is 0 Å². The largest absolute Gasteiger partial charge is 0.379 e. The fraction of sp³-hybridized carbons (Fsp3) is 0.833. The number of ether oxygens (including phenoxy) is 3. The number of hydrogen-bond donors (Lipinski definition) is 2. The van der Waals surface area contributed by atoms with Crippen molar-refractivity contribution in [2.24, 2.45) is 5.73 Å². The molecule has 8 heteroatoms. The van der Waals surface area contributed by atoms with Gasteiger partial charge in [-0.05, 0) is 39.5 Å². The summed E-state index contributed by atoms with van der Waals surface area (Å²) in [6, 6.07) is -0.406. The van der Waals surface area contributed by atoms with Crippen molar-refractivity contribution in [1.29, 1.82) is 0 Å². The van der Waals surface area contributed by atoms with Crippen LogP contribution in [0.3, 0.4) is 0 Å². The molecule has 8 nitrogen and oxygen atoms in total. The van der Waals surface area contributed by atoms with Gasteiger partial charge in [0.15, 0.2) is 5.78 Å². The zero-order valence-electron chi connectivity index (χ0n) is 16.1. The van der Waals surface area contributed by atoms with Crippen molar-refractivity contribution in [1.82, 2.24) is 5.32 Å². The Labute approximate surface area is 156 Å². The van der Waals surface area contributed by atoms with E-state index >= 15 is 0 Å². The van der Waals surface area contributed by atoms with Crippen LogP contribution in [0.25, 0.3) is 0 Å². The molecule has 0 rings (SSSR count). The minimum Gasteiger partial charge on any atom is -0.379 e. The normalized spacial score (nSPS) is 12.0. The Hall–Kier alpha value is -1.35. The number of Topliss-reactive ketones (excluding diaryl/α,β-unsaturated/α-hetero) is 2. The van der Waals surface area contributed by atoms with Crippen LogP contribution in [-0.2, 0) is 28.6 Å². The van der Waals surface area contributed by atoms with E-state index in [1.165, 1.54) is 6.92 Å². The Kier molecular flexibility index (Phi) is 16.2. The van der Waals surface area contributed by atoms with E-state index in [1.54, 1.807) is 0 Å². The lowest BCUT2D eigenvalue weighted by molar-refractivity contribution is -0.126. The number of nitrogens with two attached hydrogens (primary N) is 1. The van der Waals surface area contributed by atoms with Gasteiger partial charge in [0.1, 0.15) is 19.0 Å². The number of nitrogens with one attached hydrogen (secondary N) is 1. The molecule has 1 unspecified atom stereocenters. The van der Waals surface area contributed by atoms with Gasteiger partial charge in [-0.15, -0.1) is 0 Å². The van der Waals surface area contributed by atoms with Crippen molar-refractivity contribution >= 4 is 17.5 Å². The highest BCUT2D eigenvalue weighted by molar-refractivity contribution is 5.81. The van der Waals surface area contributed by atoms with Gasteiger partial charge in [0.2, 0.25) is 5.91 Å². The van der Waals surface area contributed by atoms with Crippen LogP contribution in [0, 0.1) is 0 Å². The van der Waals surface area contributed by atoms with E-state index in [4.69, 9.17) is 19.9 Å². The quantitative estimate of drug-likeness (QED) is 0.338. The summed E-state index contributed by atoms with van der Waals surface area (Å²) in [6.07, 6.45) is 3.30. The molecule has 0 saturated heterocycles. The van der Waals surface area contributed by atoms with Crippen LogP contribution >= 0.6 is 0 Å². The zero-order chi connectivity index (χ0) is 19.6. The molecule has 0 aliphatic heterocycles. The smallest absolute Gasteiger partial charge is 0.245 e. The number of carbonyl (C=O) groups is 3. The second-order valence-corrected chi connectivity index (χ2v) is 6.01. The van der Waals surface area contributed by atoms with E-state index in [1.807, 2.05) is 6.92 Å². The predicted octanol–water partition coefficient (Wildman–Crippen LogP) is 0.608. The lowest BCUT2D eigenvalue weighted by Gasteiger charge is -2.09.